The third kappa shape index (κ3) is 4.02. The van der Waals surface area contributed by atoms with E-state index in [1.807, 2.05) is 49.4 Å². The smallest absolute Gasteiger partial charge is 0.407 e. The fourth-order valence-electron chi connectivity index (χ4n) is 1.80. The van der Waals surface area contributed by atoms with Gasteiger partial charge < -0.3 is 15.2 Å². The molecule has 0 aliphatic carbocycles. The molecule has 2 aromatic rings. The largest absolute Gasteiger partial charge is 0.508 e. The number of alkyl carbamates (subject to hydrolysis) is 1. The van der Waals surface area contributed by atoms with Crippen molar-refractivity contribution in [1.82, 2.24) is 5.32 Å². The van der Waals surface area contributed by atoms with Gasteiger partial charge in [0, 0.05) is 12.1 Å². The predicted molar refractivity (Wildman–Crippen MR) is 76.3 cm³/mol. The van der Waals surface area contributed by atoms with Crippen LogP contribution in [0.25, 0.3) is 0 Å². The van der Waals surface area contributed by atoms with Gasteiger partial charge in [-0.25, -0.2) is 4.79 Å². The van der Waals surface area contributed by atoms with Gasteiger partial charge in [-0.05, 0) is 18.6 Å². The molecule has 0 atom stereocenters. The molecule has 0 saturated carbocycles. The average molecular weight is 271 g/mol. The zero-order chi connectivity index (χ0) is 14.4. The van der Waals surface area contributed by atoms with Crippen LogP contribution in [0.1, 0.15) is 16.7 Å². The quantitative estimate of drug-likeness (QED) is 0.898. The van der Waals surface area contributed by atoms with Crippen LogP contribution in [-0.2, 0) is 17.9 Å². The van der Waals surface area contributed by atoms with Crippen molar-refractivity contribution >= 4 is 6.09 Å². The SMILES string of the molecule is Cc1ccc(O)c(CNC(=O)OCc2ccccc2)c1. The van der Waals surface area contributed by atoms with Crippen LogP contribution in [0.15, 0.2) is 48.5 Å². The first-order chi connectivity index (χ1) is 9.65. The van der Waals surface area contributed by atoms with Crippen molar-refractivity contribution in [3.63, 3.8) is 0 Å². The van der Waals surface area contributed by atoms with E-state index in [0.717, 1.165) is 11.1 Å². The van der Waals surface area contributed by atoms with Gasteiger partial charge in [0.05, 0.1) is 0 Å². The van der Waals surface area contributed by atoms with Gasteiger partial charge in [0.2, 0.25) is 0 Å². The van der Waals surface area contributed by atoms with Crippen LogP contribution in [0.3, 0.4) is 0 Å². The maximum Gasteiger partial charge on any atom is 0.407 e. The molecule has 104 valence electrons. The van der Waals surface area contributed by atoms with E-state index < -0.39 is 6.09 Å². The van der Waals surface area contributed by atoms with E-state index in [1.54, 1.807) is 6.07 Å². The third-order valence-electron chi connectivity index (χ3n) is 2.87. The molecule has 0 heterocycles. The number of benzene rings is 2. The Labute approximate surface area is 118 Å². The Kier molecular flexibility index (Phi) is 4.60. The van der Waals surface area contributed by atoms with Crippen molar-refractivity contribution in [2.24, 2.45) is 0 Å². The van der Waals surface area contributed by atoms with Gasteiger partial charge in [0.1, 0.15) is 12.4 Å². The Balaban J connectivity index is 1.82. The summed E-state index contributed by atoms with van der Waals surface area (Å²) in [6.45, 7) is 2.39. The Bertz CT molecular complexity index is 582. The highest BCUT2D eigenvalue weighted by Crippen LogP contribution is 2.17. The summed E-state index contributed by atoms with van der Waals surface area (Å²) in [5, 5.41) is 12.3. The summed E-state index contributed by atoms with van der Waals surface area (Å²) in [7, 11) is 0. The number of hydrogen-bond donors (Lipinski definition) is 2. The number of phenols is 1. The van der Waals surface area contributed by atoms with Crippen molar-refractivity contribution in [3.05, 3.63) is 65.2 Å². The van der Waals surface area contributed by atoms with Gasteiger partial charge in [-0.3, -0.25) is 0 Å². The molecule has 0 aliphatic heterocycles. The average Bonchev–Trinajstić information content (AvgIpc) is 2.47. The number of carbonyl (C=O) groups excluding carboxylic acids is 1. The molecule has 0 saturated heterocycles. The lowest BCUT2D eigenvalue weighted by molar-refractivity contribution is 0.139. The summed E-state index contributed by atoms with van der Waals surface area (Å²) in [6.07, 6.45) is -0.505. The number of hydrogen-bond acceptors (Lipinski definition) is 3. The molecule has 0 aromatic heterocycles. The summed E-state index contributed by atoms with van der Waals surface area (Å²) < 4.78 is 5.09. The number of rotatable bonds is 4. The molecule has 2 rings (SSSR count). The third-order valence-corrected chi connectivity index (χ3v) is 2.87. The van der Waals surface area contributed by atoms with Crippen molar-refractivity contribution < 1.29 is 14.6 Å². The van der Waals surface area contributed by atoms with Gasteiger partial charge in [0.15, 0.2) is 0 Å². The topological polar surface area (TPSA) is 58.6 Å². The number of aromatic hydroxyl groups is 1. The fraction of sp³-hybridized carbons (Fsp3) is 0.188. The molecule has 0 bridgehead atoms. The van der Waals surface area contributed by atoms with Crippen LogP contribution >= 0.6 is 0 Å². The van der Waals surface area contributed by atoms with Crippen LogP contribution in [-0.4, -0.2) is 11.2 Å². The van der Waals surface area contributed by atoms with Crippen molar-refractivity contribution in [2.45, 2.75) is 20.1 Å². The van der Waals surface area contributed by atoms with Gasteiger partial charge >= 0.3 is 6.09 Å². The van der Waals surface area contributed by atoms with Crippen LogP contribution in [0.4, 0.5) is 4.79 Å². The molecule has 4 nitrogen and oxygen atoms in total. The lowest BCUT2D eigenvalue weighted by atomic mass is 10.1. The normalized spacial score (nSPS) is 10.1. The van der Waals surface area contributed by atoms with Gasteiger partial charge in [-0.1, -0.05) is 48.0 Å². The first-order valence-corrected chi connectivity index (χ1v) is 6.38. The number of carbonyl (C=O) groups is 1. The Morgan fingerprint density at radius 3 is 2.70 bits per heavy atom. The van der Waals surface area contributed by atoms with Crippen LogP contribution < -0.4 is 5.32 Å². The Hall–Kier alpha value is -2.49. The minimum Gasteiger partial charge on any atom is -0.508 e. The zero-order valence-corrected chi connectivity index (χ0v) is 11.3. The molecule has 20 heavy (non-hydrogen) atoms. The van der Waals surface area contributed by atoms with Crippen molar-refractivity contribution in [1.29, 1.82) is 0 Å². The highest BCUT2D eigenvalue weighted by atomic mass is 16.5. The second-order valence-electron chi connectivity index (χ2n) is 4.55. The maximum absolute atomic E-state index is 11.6. The van der Waals surface area contributed by atoms with Crippen molar-refractivity contribution in [3.8, 4) is 5.75 Å². The number of phenolic OH excluding ortho intramolecular Hbond substituents is 1. The van der Waals surface area contributed by atoms with E-state index in [2.05, 4.69) is 5.32 Å². The lowest BCUT2D eigenvalue weighted by Crippen LogP contribution is -2.23. The molecule has 2 N–H and O–H groups in total. The molecule has 2 aromatic carbocycles. The number of amides is 1. The summed E-state index contributed by atoms with van der Waals surface area (Å²) in [4.78, 5) is 11.6. The lowest BCUT2D eigenvalue weighted by Gasteiger charge is -2.09. The first kappa shape index (κ1) is 13.9. The van der Waals surface area contributed by atoms with E-state index in [1.165, 1.54) is 0 Å². The van der Waals surface area contributed by atoms with Gasteiger partial charge in [-0.2, -0.15) is 0 Å². The monoisotopic (exact) mass is 271 g/mol. The predicted octanol–water partition coefficient (Wildman–Crippen LogP) is 3.13. The van der Waals surface area contributed by atoms with Crippen LogP contribution in [0.2, 0.25) is 0 Å². The Morgan fingerprint density at radius 2 is 1.95 bits per heavy atom. The number of aryl methyl sites for hydroxylation is 1. The van der Waals surface area contributed by atoms with E-state index in [0.29, 0.717) is 5.56 Å². The standard InChI is InChI=1S/C16H17NO3/c1-12-7-8-15(18)14(9-12)10-17-16(19)20-11-13-5-3-2-4-6-13/h2-9,18H,10-11H2,1H3,(H,17,19). The van der Waals surface area contributed by atoms with Crippen molar-refractivity contribution in [2.75, 3.05) is 0 Å². The molecule has 0 aliphatic rings. The highest BCUT2D eigenvalue weighted by Gasteiger charge is 2.05. The van der Waals surface area contributed by atoms with Gasteiger partial charge in [-0.15, -0.1) is 0 Å². The first-order valence-electron chi connectivity index (χ1n) is 6.38. The molecule has 0 fully saturated rings. The minimum absolute atomic E-state index is 0.166. The minimum atomic E-state index is -0.505. The maximum atomic E-state index is 11.6. The van der Waals surface area contributed by atoms with E-state index in [-0.39, 0.29) is 18.9 Å². The summed E-state index contributed by atoms with van der Waals surface area (Å²) >= 11 is 0. The van der Waals surface area contributed by atoms with E-state index >= 15 is 0 Å². The van der Waals surface area contributed by atoms with E-state index in [4.69, 9.17) is 4.74 Å². The molecule has 4 heteroatoms. The van der Waals surface area contributed by atoms with Crippen LogP contribution in [0, 0.1) is 6.92 Å². The Morgan fingerprint density at radius 1 is 1.20 bits per heavy atom. The number of nitrogens with one attached hydrogen (secondary N) is 1. The molecular weight excluding hydrogens is 254 g/mol. The fourth-order valence-corrected chi connectivity index (χ4v) is 1.80. The summed E-state index contributed by atoms with van der Waals surface area (Å²) in [5.74, 6) is 0.166. The molecule has 0 spiro atoms. The second kappa shape index (κ2) is 6.61. The summed E-state index contributed by atoms with van der Waals surface area (Å²) in [5.41, 5.74) is 2.62. The highest BCUT2D eigenvalue weighted by molar-refractivity contribution is 5.67. The van der Waals surface area contributed by atoms with E-state index in [9.17, 15) is 9.90 Å². The molecule has 0 radical (unpaired) electrons. The summed E-state index contributed by atoms with van der Waals surface area (Å²) in [6, 6.07) is 14.7. The van der Waals surface area contributed by atoms with Gasteiger partial charge in [0.25, 0.3) is 0 Å². The second-order valence-corrected chi connectivity index (χ2v) is 4.55. The molecule has 0 unspecified atom stereocenters. The molecule has 1 amide bonds. The zero-order valence-electron chi connectivity index (χ0n) is 11.3. The number of ether oxygens (including phenoxy) is 1. The van der Waals surface area contributed by atoms with Crippen LogP contribution in [0.5, 0.6) is 5.75 Å². The molecular formula is C16H17NO3.